The maximum Gasteiger partial charge on any atom is 0.131 e. The van der Waals surface area contributed by atoms with Crippen molar-refractivity contribution in [3.8, 4) is 0 Å². The fraction of sp³-hybridized carbons (Fsp3) is 0.333. The summed E-state index contributed by atoms with van der Waals surface area (Å²) in [4.78, 5) is 8.77. The van der Waals surface area contributed by atoms with Gasteiger partial charge in [-0.2, -0.15) is 0 Å². The molecule has 0 unspecified atom stereocenters. The summed E-state index contributed by atoms with van der Waals surface area (Å²) in [5, 5.41) is 6.46. The Hall–Kier alpha value is -1.46. The maximum atomic E-state index is 4.50. The molecular weight excluding hydrogens is 316 g/mol. The van der Waals surface area contributed by atoms with E-state index >= 15 is 0 Å². The third kappa shape index (κ3) is 4.28. The zero-order chi connectivity index (χ0) is 14.4. The van der Waals surface area contributed by atoms with E-state index in [1.54, 1.807) is 6.20 Å². The zero-order valence-corrected chi connectivity index (χ0v) is 13.4. The third-order valence-corrected chi connectivity index (χ3v) is 3.57. The predicted octanol–water partition coefficient (Wildman–Crippen LogP) is 2.92. The highest BCUT2D eigenvalue weighted by atomic mass is 79.9. The molecular formula is C15H19BrN4. The quantitative estimate of drug-likeness (QED) is 0.852. The topological polar surface area (TPSA) is 49.8 Å². The van der Waals surface area contributed by atoms with Crippen molar-refractivity contribution in [3.05, 3.63) is 51.9 Å². The van der Waals surface area contributed by atoms with Crippen molar-refractivity contribution in [1.82, 2.24) is 15.3 Å². The summed E-state index contributed by atoms with van der Waals surface area (Å²) < 4.78 is 1.09. The number of aryl methyl sites for hydroxylation is 1. The van der Waals surface area contributed by atoms with Crippen LogP contribution in [0.3, 0.4) is 0 Å². The molecule has 0 saturated heterocycles. The molecule has 4 nitrogen and oxygen atoms in total. The van der Waals surface area contributed by atoms with E-state index in [-0.39, 0.29) is 0 Å². The Balaban J connectivity index is 2.01. The lowest BCUT2D eigenvalue weighted by Gasteiger charge is -2.09. The smallest absolute Gasteiger partial charge is 0.131 e. The van der Waals surface area contributed by atoms with Crippen LogP contribution in [-0.2, 0) is 13.0 Å². The summed E-state index contributed by atoms with van der Waals surface area (Å²) in [6.07, 6.45) is 2.63. The first-order valence-corrected chi connectivity index (χ1v) is 7.44. The number of benzene rings is 1. The number of anilines is 1. The highest BCUT2D eigenvalue weighted by Gasteiger charge is 2.02. The summed E-state index contributed by atoms with van der Waals surface area (Å²) >= 11 is 3.50. The molecule has 1 aromatic heterocycles. The van der Waals surface area contributed by atoms with Crippen molar-refractivity contribution in [2.75, 3.05) is 18.9 Å². The Bertz CT molecular complexity index is 572. The van der Waals surface area contributed by atoms with E-state index in [2.05, 4.69) is 61.7 Å². The summed E-state index contributed by atoms with van der Waals surface area (Å²) in [5.74, 6) is 1.72. The van der Waals surface area contributed by atoms with Gasteiger partial charge in [0.15, 0.2) is 0 Å². The SMILES string of the molecule is CNCCc1nccc(NCc2cc(Br)ccc2C)n1. The normalized spacial score (nSPS) is 10.6. The van der Waals surface area contributed by atoms with E-state index in [1.807, 2.05) is 13.1 Å². The largest absolute Gasteiger partial charge is 0.366 e. The molecule has 0 atom stereocenters. The van der Waals surface area contributed by atoms with Crippen LogP contribution < -0.4 is 10.6 Å². The van der Waals surface area contributed by atoms with E-state index in [9.17, 15) is 0 Å². The van der Waals surface area contributed by atoms with Gasteiger partial charge in [-0.25, -0.2) is 9.97 Å². The van der Waals surface area contributed by atoms with Gasteiger partial charge in [0.2, 0.25) is 0 Å². The van der Waals surface area contributed by atoms with Gasteiger partial charge in [-0.05, 0) is 43.3 Å². The van der Waals surface area contributed by atoms with Crippen LogP contribution in [0.1, 0.15) is 17.0 Å². The van der Waals surface area contributed by atoms with Crippen LogP contribution >= 0.6 is 15.9 Å². The second kappa shape index (κ2) is 7.36. The van der Waals surface area contributed by atoms with Crippen LogP contribution in [0.2, 0.25) is 0 Å². The Morgan fingerprint density at radius 2 is 2.10 bits per heavy atom. The molecule has 0 radical (unpaired) electrons. The lowest BCUT2D eigenvalue weighted by molar-refractivity contribution is 0.755. The molecule has 0 spiro atoms. The second-order valence-corrected chi connectivity index (χ2v) is 5.55. The maximum absolute atomic E-state index is 4.50. The first-order chi connectivity index (χ1) is 9.69. The number of hydrogen-bond acceptors (Lipinski definition) is 4. The number of halogens is 1. The molecule has 2 N–H and O–H groups in total. The number of hydrogen-bond donors (Lipinski definition) is 2. The molecule has 2 rings (SSSR count). The molecule has 1 aromatic carbocycles. The minimum atomic E-state index is 0.758. The van der Waals surface area contributed by atoms with Gasteiger partial charge in [-0.15, -0.1) is 0 Å². The Morgan fingerprint density at radius 1 is 1.25 bits per heavy atom. The van der Waals surface area contributed by atoms with E-state index < -0.39 is 0 Å². The molecule has 0 aliphatic heterocycles. The lowest BCUT2D eigenvalue weighted by Crippen LogP contribution is -2.13. The molecule has 0 amide bonds. The number of aromatic nitrogens is 2. The molecule has 5 heteroatoms. The van der Waals surface area contributed by atoms with Crippen molar-refractivity contribution in [1.29, 1.82) is 0 Å². The molecule has 0 aliphatic carbocycles. The van der Waals surface area contributed by atoms with E-state index in [0.717, 1.165) is 35.6 Å². The average Bonchev–Trinajstić information content (AvgIpc) is 2.46. The molecule has 1 heterocycles. The van der Waals surface area contributed by atoms with Gasteiger partial charge in [0.25, 0.3) is 0 Å². The van der Waals surface area contributed by atoms with Gasteiger partial charge in [-0.3, -0.25) is 0 Å². The van der Waals surface area contributed by atoms with Crippen LogP contribution in [0.4, 0.5) is 5.82 Å². The van der Waals surface area contributed by atoms with Crippen LogP contribution in [-0.4, -0.2) is 23.6 Å². The van der Waals surface area contributed by atoms with Crippen molar-refractivity contribution in [2.45, 2.75) is 19.9 Å². The first kappa shape index (κ1) is 14.9. The van der Waals surface area contributed by atoms with Crippen molar-refractivity contribution < 1.29 is 0 Å². The highest BCUT2D eigenvalue weighted by Crippen LogP contribution is 2.17. The van der Waals surface area contributed by atoms with Crippen LogP contribution in [0.15, 0.2) is 34.9 Å². The monoisotopic (exact) mass is 334 g/mol. The zero-order valence-electron chi connectivity index (χ0n) is 11.8. The molecule has 20 heavy (non-hydrogen) atoms. The summed E-state index contributed by atoms with van der Waals surface area (Å²) in [6.45, 7) is 3.75. The summed E-state index contributed by atoms with van der Waals surface area (Å²) in [6, 6.07) is 8.19. The summed E-state index contributed by atoms with van der Waals surface area (Å²) in [7, 11) is 1.93. The van der Waals surface area contributed by atoms with Crippen LogP contribution in [0, 0.1) is 6.92 Å². The molecule has 0 saturated carbocycles. The van der Waals surface area contributed by atoms with Gasteiger partial charge in [0.05, 0.1) is 0 Å². The fourth-order valence-electron chi connectivity index (χ4n) is 1.87. The molecule has 2 aromatic rings. The lowest BCUT2D eigenvalue weighted by atomic mass is 10.1. The van der Waals surface area contributed by atoms with Crippen molar-refractivity contribution in [2.24, 2.45) is 0 Å². The third-order valence-electron chi connectivity index (χ3n) is 3.08. The fourth-order valence-corrected chi connectivity index (χ4v) is 2.28. The minimum absolute atomic E-state index is 0.758. The Kier molecular flexibility index (Phi) is 5.49. The van der Waals surface area contributed by atoms with E-state index in [4.69, 9.17) is 0 Å². The van der Waals surface area contributed by atoms with Crippen molar-refractivity contribution in [3.63, 3.8) is 0 Å². The van der Waals surface area contributed by atoms with Crippen molar-refractivity contribution >= 4 is 21.7 Å². The van der Waals surface area contributed by atoms with Gasteiger partial charge < -0.3 is 10.6 Å². The molecule has 0 bridgehead atoms. The number of likely N-dealkylation sites (N-methyl/N-ethyl adjacent to an activating group) is 1. The standard InChI is InChI=1S/C15H19BrN4/c1-11-3-4-13(16)9-12(11)10-19-15-6-8-18-14(20-15)5-7-17-2/h3-4,6,8-9,17H,5,7,10H2,1-2H3,(H,18,19,20). The Labute approximate surface area is 128 Å². The molecule has 106 valence electrons. The first-order valence-electron chi connectivity index (χ1n) is 6.64. The number of nitrogens with one attached hydrogen (secondary N) is 2. The van der Waals surface area contributed by atoms with Crippen LogP contribution in [0.5, 0.6) is 0 Å². The number of rotatable bonds is 6. The van der Waals surface area contributed by atoms with Gasteiger partial charge in [0, 0.05) is 30.2 Å². The highest BCUT2D eigenvalue weighted by molar-refractivity contribution is 9.10. The van der Waals surface area contributed by atoms with E-state index in [0.29, 0.717) is 0 Å². The molecule has 0 aliphatic rings. The second-order valence-electron chi connectivity index (χ2n) is 4.64. The van der Waals surface area contributed by atoms with Gasteiger partial charge in [-0.1, -0.05) is 22.0 Å². The van der Waals surface area contributed by atoms with Gasteiger partial charge in [0.1, 0.15) is 11.6 Å². The van der Waals surface area contributed by atoms with E-state index in [1.165, 1.54) is 11.1 Å². The number of nitrogens with zero attached hydrogens (tertiary/aromatic N) is 2. The minimum Gasteiger partial charge on any atom is -0.366 e. The predicted molar refractivity (Wildman–Crippen MR) is 85.9 cm³/mol. The molecule has 0 fully saturated rings. The average molecular weight is 335 g/mol. The Morgan fingerprint density at radius 3 is 2.90 bits per heavy atom. The van der Waals surface area contributed by atoms with Gasteiger partial charge >= 0.3 is 0 Å². The summed E-state index contributed by atoms with van der Waals surface area (Å²) in [5.41, 5.74) is 2.53. The van der Waals surface area contributed by atoms with Crippen LogP contribution in [0.25, 0.3) is 0 Å².